The summed E-state index contributed by atoms with van der Waals surface area (Å²) >= 11 is 3.26. The lowest BCUT2D eigenvalue weighted by molar-refractivity contribution is 0.625. The van der Waals surface area contributed by atoms with Crippen molar-refractivity contribution in [3.8, 4) is 10.7 Å². The molecule has 22 heavy (non-hydrogen) atoms. The van der Waals surface area contributed by atoms with Crippen molar-refractivity contribution < 1.29 is 4.39 Å². The predicted molar refractivity (Wildman–Crippen MR) is 89.6 cm³/mol. The first-order chi connectivity index (χ1) is 10.8. The van der Waals surface area contributed by atoms with Crippen LogP contribution in [0.3, 0.4) is 0 Å². The summed E-state index contributed by atoms with van der Waals surface area (Å²) in [6.07, 6.45) is 1.02. The highest BCUT2D eigenvalue weighted by atomic mass is 32.2. The summed E-state index contributed by atoms with van der Waals surface area (Å²) < 4.78 is 15.4. The van der Waals surface area contributed by atoms with E-state index >= 15 is 0 Å². The Morgan fingerprint density at radius 3 is 2.86 bits per heavy atom. The lowest BCUT2D eigenvalue weighted by Gasteiger charge is -2.07. The number of thioether (sulfide) groups is 1. The van der Waals surface area contributed by atoms with Crippen molar-refractivity contribution in [2.24, 2.45) is 0 Å². The highest BCUT2D eigenvalue weighted by Crippen LogP contribution is 2.29. The molecule has 1 aromatic carbocycles. The fraction of sp³-hybridized carbons (Fsp3) is 0.250. The average Bonchev–Trinajstić information content (AvgIpc) is 3.15. The largest absolute Gasteiger partial charge is 0.301 e. The van der Waals surface area contributed by atoms with Crippen LogP contribution < -0.4 is 0 Å². The van der Waals surface area contributed by atoms with Crippen LogP contribution in [0.15, 0.2) is 46.9 Å². The zero-order valence-electron chi connectivity index (χ0n) is 12.2. The number of rotatable bonds is 6. The smallest absolute Gasteiger partial charge is 0.191 e. The molecule has 0 saturated heterocycles. The minimum absolute atomic E-state index is 0.201. The zero-order valence-corrected chi connectivity index (χ0v) is 13.8. The molecule has 3 aromatic rings. The van der Waals surface area contributed by atoms with E-state index in [4.69, 9.17) is 0 Å². The number of thiophene rings is 1. The molecule has 0 N–H and O–H groups in total. The zero-order chi connectivity index (χ0) is 15.4. The molecule has 0 bridgehead atoms. The van der Waals surface area contributed by atoms with Gasteiger partial charge in [0.15, 0.2) is 11.0 Å². The third kappa shape index (κ3) is 3.39. The van der Waals surface area contributed by atoms with Crippen molar-refractivity contribution in [2.45, 2.75) is 30.8 Å². The quantitative estimate of drug-likeness (QED) is 0.604. The molecule has 0 aliphatic heterocycles. The molecule has 0 spiro atoms. The molecule has 3 nitrogen and oxygen atoms in total. The molecule has 0 fully saturated rings. The van der Waals surface area contributed by atoms with Gasteiger partial charge in [-0.15, -0.1) is 21.5 Å². The second-order valence-corrected chi connectivity index (χ2v) is 6.74. The normalized spacial score (nSPS) is 11.0. The van der Waals surface area contributed by atoms with Crippen LogP contribution in [0.4, 0.5) is 4.39 Å². The summed E-state index contributed by atoms with van der Waals surface area (Å²) in [7, 11) is 0. The van der Waals surface area contributed by atoms with Gasteiger partial charge in [-0.3, -0.25) is 0 Å². The number of aromatic nitrogens is 3. The van der Waals surface area contributed by atoms with Gasteiger partial charge in [0.2, 0.25) is 0 Å². The number of hydrogen-bond donors (Lipinski definition) is 0. The Morgan fingerprint density at radius 1 is 1.23 bits per heavy atom. The Labute approximate surface area is 137 Å². The van der Waals surface area contributed by atoms with E-state index in [0.717, 1.165) is 34.4 Å². The predicted octanol–water partition coefficient (Wildman–Crippen LogP) is 4.85. The molecule has 0 radical (unpaired) electrons. The van der Waals surface area contributed by atoms with Crippen LogP contribution in [0.5, 0.6) is 0 Å². The van der Waals surface area contributed by atoms with Crippen LogP contribution in [0.1, 0.15) is 18.9 Å². The van der Waals surface area contributed by atoms with Gasteiger partial charge in [0.1, 0.15) is 5.82 Å². The van der Waals surface area contributed by atoms with Gasteiger partial charge in [-0.05, 0) is 35.6 Å². The van der Waals surface area contributed by atoms with Crippen molar-refractivity contribution >= 4 is 23.1 Å². The molecule has 6 heteroatoms. The number of nitrogens with zero attached hydrogens (tertiary/aromatic N) is 3. The SMILES string of the molecule is CCCn1c(SCc2cccc(F)c2)nnc1-c1cccs1. The van der Waals surface area contributed by atoms with Crippen LogP contribution in [0.25, 0.3) is 10.7 Å². The third-order valence-corrected chi connectivity index (χ3v) is 5.07. The number of halogens is 1. The standard InChI is InChI=1S/C16H16FN3S2/c1-2-8-20-15(14-7-4-9-21-14)18-19-16(20)22-11-12-5-3-6-13(17)10-12/h3-7,9-10H,2,8,11H2,1H3. The lowest BCUT2D eigenvalue weighted by atomic mass is 10.2. The molecule has 2 heterocycles. The van der Waals surface area contributed by atoms with Gasteiger partial charge in [-0.1, -0.05) is 36.9 Å². The number of benzene rings is 1. The fourth-order valence-electron chi connectivity index (χ4n) is 2.18. The minimum atomic E-state index is -0.201. The monoisotopic (exact) mass is 333 g/mol. The van der Waals surface area contributed by atoms with Crippen LogP contribution >= 0.6 is 23.1 Å². The van der Waals surface area contributed by atoms with E-state index in [-0.39, 0.29) is 5.82 Å². The van der Waals surface area contributed by atoms with Gasteiger partial charge in [-0.25, -0.2) is 4.39 Å². The average molecular weight is 333 g/mol. The summed E-state index contributed by atoms with van der Waals surface area (Å²) in [4.78, 5) is 1.12. The Hall–Kier alpha value is -1.66. The first-order valence-corrected chi connectivity index (χ1v) is 8.98. The van der Waals surface area contributed by atoms with Crippen molar-refractivity contribution in [3.05, 3.63) is 53.2 Å². The van der Waals surface area contributed by atoms with E-state index in [1.807, 2.05) is 17.5 Å². The van der Waals surface area contributed by atoms with E-state index in [2.05, 4.69) is 27.8 Å². The van der Waals surface area contributed by atoms with E-state index < -0.39 is 0 Å². The third-order valence-electron chi connectivity index (χ3n) is 3.16. The second kappa shape index (κ2) is 7.07. The molecule has 2 aromatic heterocycles. The van der Waals surface area contributed by atoms with Crippen molar-refractivity contribution in [1.82, 2.24) is 14.8 Å². The van der Waals surface area contributed by atoms with Gasteiger partial charge in [0.05, 0.1) is 4.88 Å². The summed E-state index contributed by atoms with van der Waals surface area (Å²) in [6.45, 7) is 3.02. The van der Waals surface area contributed by atoms with E-state index in [0.29, 0.717) is 5.75 Å². The van der Waals surface area contributed by atoms with Crippen LogP contribution in [-0.4, -0.2) is 14.8 Å². The van der Waals surface area contributed by atoms with Crippen LogP contribution in [0.2, 0.25) is 0 Å². The first kappa shape index (κ1) is 15.2. The molecule has 0 amide bonds. The molecule has 0 aliphatic rings. The summed E-state index contributed by atoms with van der Waals surface area (Å²) in [5, 5.41) is 11.6. The molecule has 3 rings (SSSR count). The minimum Gasteiger partial charge on any atom is -0.301 e. The van der Waals surface area contributed by atoms with Crippen LogP contribution in [0, 0.1) is 5.82 Å². The van der Waals surface area contributed by atoms with Gasteiger partial charge in [0, 0.05) is 12.3 Å². The van der Waals surface area contributed by atoms with Crippen molar-refractivity contribution in [3.63, 3.8) is 0 Å². The van der Waals surface area contributed by atoms with E-state index in [1.54, 1.807) is 35.2 Å². The maximum atomic E-state index is 13.2. The fourth-order valence-corrected chi connectivity index (χ4v) is 3.81. The molecule has 0 saturated carbocycles. The molecule has 0 atom stereocenters. The van der Waals surface area contributed by atoms with Crippen molar-refractivity contribution in [2.75, 3.05) is 0 Å². The Bertz CT molecular complexity index is 738. The van der Waals surface area contributed by atoms with Crippen molar-refractivity contribution in [1.29, 1.82) is 0 Å². The highest BCUT2D eigenvalue weighted by Gasteiger charge is 2.14. The van der Waals surface area contributed by atoms with Gasteiger partial charge in [0.25, 0.3) is 0 Å². The van der Waals surface area contributed by atoms with E-state index in [9.17, 15) is 4.39 Å². The molecule has 0 unspecified atom stereocenters. The summed E-state index contributed by atoms with van der Waals surface area (Å²) in [5.74, 6) is 1.40. The molecular weight excluding hydrogens is 317 g/mol. The van der Waals surface area contributed by atoms with Gasteiger partial charge >= 0.3 is 0 Å². The van der Waals surface area contributed by atoms with E-state index in [1.165, 1.54) is 6.07 Å². The summed E-state index contributed by atoms with van der Waals surface area (Å²) in [5.41, 5.74) is 0.953. The Balaban J connectivity index is 1.81. The maximum Gasteiger partial charge on any atom is 0.191 e. The Kier molecular flexibility index (Phi) is 4.90. The highest BCUT2D eigenvalue weighted by molar-refractivity contribution is 7.98. The first-order valence-electron chi connectivity index (χ1n) is 7.12. The summed E-state index contributed by atoms with van der Waals surface area (Å²) in [6, 6.07) is 10.8. The van der Waals surface area contributed by atoms with Gasteiger partial charge < -0.3 is 4.57 Å². The lowest BCUT2D eigenvalue weighted by Crippen LogP contribution is -2.01. The molecular formula is C16H16FN3S2. The molecule has 0 aliphatic carbocycles. The Morgan fingerprint density at radius 2 is 2.14 bits per heavy atom. The topological polar surface area (TPSA) is 30.7 Å². The van der Waals surface area contributed by atoms with Crippen LogP contribution in [-0.2, 0) is 12.3 Å². The number of hydrogen-bond acceptors (Lipinski definition) is 4. The van der Waals surface area contributed by atoms with Gasteiger partial charge in [-0.2, -0.15) is 0 Å². The molecule has 114 valence electrons. The maximum absolute atomic E-state index is 13.2. The second-order valence-electron chi connectivity index (χ2n) is 4.85.